The van der Waals surface area contributed by atoms with E-state index < -0.39 is 0 Å². The maximum Gasteiger partial charge on any atom is 0.0582 e. The van der Waals surface area contributed by atoms with Crippen LogP contribution in [0.1, 0.15) is 11.8 Å². The molecule has 0 bridgehead atoms. The molecule has 1 atom stereocenters. The van der Waals surface area contributed by atoms with Gasteiger partial charge in [0.25, 0.3) is 0 Å². The van der Waals surface area contributed by atoms with Crippen molar-refractivity contribution in [3.8, 4) is 0 Å². The fourth-order valence-electron chi connectivity index (χ4n) is 0.753. The standard InChI is InChI=1S/C8H13NOS/c1-7(6-10)9-5-8-3-2-4-11-8/h2-4,7,9-10H,5-6H2,1H3/t7-/m1/s1. The number of aliphatic hydroxyl groups excluding tert-OH is 1. The van der Waals surface area contributed by atoms with Crippen LogP contribution in [0.5, 0.6) is 0 Å². The summed E-state index contributed by atoms with van der Waals surface area (Å²) in [6, 6.07) is 4.31. The highest BCUT2D eigenvalue weighted by Crippen LogP contribution is 2.07. The summed E-state index contributed by atoms with van der Waals surface area (Å²) < 4.78 is 0. The lowest BCUT2D eigenvalue weighted by Gasteiger charge is -2.08. The van der Waals surface area contributed by atoms with Gasteiger partial charge in [-0.3, -0.25) is 0 Å². The Morgan fingerprint density at radius 3 is 3.09 bits per heavy atom. The van der Waals surface area contributed by atoms with E-state index >= 15 is 0 Å². The van der Waals surface area contributed by atoms with Crippen LogP contribution in [0.2, 0.25) is 0 Å². The zero-order valence-electron chi connectivity index (χ0n) is 6.58. The molecule has 0 saturated heterocycles. The third kappa shape index (κ3) is 3.01. The van der Waals surface area contributed by atoms with E-state index in [0.717, 1.165) is 6.54 Å². The predicted octanol–water partition coefficient (Wildman–Crippen LogP) is 1.22. The zero-order valence-corrected chi connectivity index (χ0v) is 7.40. The minimum absolute atomic E-state index is 0.192. The van der Waals surface area contributed by atoms with Crippen LogP contribution in [-0.2, 0) is 6.54 Å². The molecular weight excluding hydrogens is 158 g/mol. The Bertz CT molecular complexity index is 186. The van der Waals surface area contributed by atoms with Crippen molar-refractivity contribution < 1.29 is 5.11 Å². The van der Waals surface area contributed by atoms with Gasteiger partial charge in [0, 0.05) is 17.5 Å². The Morgan fingerprint density at radius 2 is 2.55 bits per heavy atom. The monoisotopic (exact) mass is 171 g/mol. The highest BCUT2D eigenvalue weighted by Gasteiger charge is 1.98. The highest BCUT2D eigenvalue weighted by molar-refractivity contribution is 7.09. The van der Waals surface area contributed by atoms with E-state index in [0.29, 0.717) is 0 Å². The van der Waals surface area contributed by atoms with E-state index in [9.17, 15) is 0 Å². The van der Waals surface area contributed by atoms with Gasteiger partial charge < -0.3 is 10.4 Å². The third-order valence-corrected chi connectivity index (χ3v) is 2.36. The van der Waals surface area contributed by atoms with Gasteiger partial charge in [0.15, 0.2) is 0 Å². The lowest BCUT2D eigenvalue weighted by molar-refractivity contribution is 0.251. The molecule has 1 aromatic rings. The molecular formula is C8H13NOS. The zero-order chi connectivity index (χ0) is 8.10. The molecule has 0 aliphatic heterocycles. The average molecular weight is 171 g/mol. The van der Waals surface area contributed by atoms with Crippen molar-refractivity contribution in [2.24, 2.45) is 0 Å². The van der Waals surface area contributed by atoms with E-state index in [2.05, 4.69) is 16.8 Å². The van der Waals surface area contributed by atoms with Crippen molar-refractivity contribution >= 4 is 11.3 Å². The summed E-state index contributed by atoms with van der Waals surface area (Å²) in [5.74, 6) is 0. The first-order chi connectivity index (χ1) is 5.33. The Labute approximate surface area is 70.9 Å². The molecule has 0 spiro atoms. The van der Waals surface area contributed by atoms with Crippen molar-refractivity contribution in [2.75, 3.05) is 6.61 Å². The summed E-state index contributed by atoms with van der Waals surface area (Å²) in [5.41, 5.74) is 0. The molecule has 0 saturated carbocycles. The summed E-state index contributed by atoms with van der Waals surface area (Å²) >= 11 is 1.73. The van der Waals surface area contributed by atoms with Crippen LogP contribution in [0.4, 0.5) is 0 Å². The average Bonchev–Trinajstić information content (AvgIpc) is 2.52. The van der Waals surface area contributed by atoms with Crippen LogP contribution in [0, 0.1) is 0 Å². The molecule has 0 amide bonds. The molecule has 1 rings (SSSR count). The van der Waals surface area contributed by atoms with E-state index in [1.165, 1.54) is 4.88 Å². The van der Waals surface area contributed by atoms with Gasteiger partial charge in [-0.1, -0.05) is 6.07 Å². The maximum absolute atomic E-state index is 8.70. The molecule has 0 aromatic carbocycles. The SMILES string of the molecule is C[C@H](CO)NCc1cccs1. The summed E-state index contributed by atoms with van der Waals surface area (Å²) in [6.07, 6.45) is 0. The molecule has 11 heavy (non-hydrogen) atoms. The lowest BCUT2D eigenvalue weighted by Crippen LogP contribution is -2.28. The second-order valence-electron chi connectivity index (χ2n) is 2.54. The summed E-state index contributed by atoms with van der Waals surface area (Å²) in [7, 11) is 0. The molecule has 0 aliphatic carbocycles. The Kier molecular flexibility index (Phi) is 3.56. The van der Waals surface area contributed by atoms with Gasteiger partial charge in [-0.15, -0.1) is 11.3 Å². The fourth-order valence-corrected chi connectivity index (χ4v) is 1.41. The third-order valence-electron chi connectivity index (χ3n) is 1.48. The minimum Gasteiger partial charge on any atom is -0.395 e. The first-order valence-electron chi connectivity index (χ1n) is 3.69. The van der Waals surface area contributed by atoms with Gasteiger partial charge in [0.05, 0.1) is 6.61 Å². The van der Waals surface area contributed by atoms with Gasteiger partial charge in [0.1, 0.15) is 0 Å². The molecule has 1 aromatic heterocycles. The van der Waals surface area contributed by atoms with Crippen LogP contribution in [0.25, 0.3) is 0 Å². The molecule has 2 N–H and O–H groups in total. The summed E-state index contributed by atoms with van der Waals surface area (Å²) in [6.45, 7) is 3.03. The quantitative estimate of drug-likeness (QED) is 0.714. The number of rotatable bonds is 4. The Hall–Kier alpha value is -0.380. The number of hydrogen-bond donors (Lipinski definition) is 2. The van der Waals surface area contributed by atoms with Crippen molar-refractivity contribution in [1.82, 2.24) is 5.32 Å². The van der Waals surface area contributed by atoms with Crippen molar-refractivity contribution in [3.05, 3.63) is 22.4 Å². The second-order valence-corrected chi connectivity index (χ2v) is 3.58. The first-order valence-corrected chi connectivity index (χ1v) is 4.57. The van der Waals surface area contributed by atoms with Crippen molar-refractivity contribution in [1.29, 1.82) is 0 Å². The largest absolute Gasteiger partial charge is 0.395 e. The number of thiophene rings is 1. The van der Waals surface area contributed by atoms with Crippen LogP contribution in [0.15, 0.2) is 17.5 Å². The fraction of sp³-hybridized carbons (Fsp3) is 0.500. The topological polar surface area (TPSA) is 32.3 Å². The smallest absolute Gasteiger partial charge is 0.0582 e. The molecule has 0 aliphatic rings. The molecule has 1 heterocycles. The van der Waals surface area contributed by atoms with Crippen molar-refractivity contribution in [3.63, 3.8) is 0 Å². The van der Waals surface area contributed by atoms with Gasteiger partial charge >= 0.3 is 0 Å². The van der Waals surface area contributed by atoms with Gasteiger partial charge in [-0.05, 0) is 18.4 Å². The normalized spacial score (nSPS) is 13.3. The van der Waals surface area contributed by atoms with E-state index in [1.54, 1.807) is 11.3 Å². The van der Waals surface area contributed by atoms with E-state index in [1.807, 2.05) is 13.0 Å². The summed E-state index contributed by atoms with van der Waals surface area (Å²) in [5, 5.41) is 14.0. The molecule has 3 heteroatoms. The van der Waals surface area contributed by atoms with Crippen LogP contribution < -0.4 is 5.32 Å². The molecule has 0 radical (unpaired) electrons. The van der Waals surface area contributed by atoms with Gasteiger partial charge in [-0.25, -0.2) is 0 Å². The van der Waals surface area contributed by atoms with Crippen LogP contribution in [-0.4, -0.2) is 17.8 Å². The Balaban J connectivity index is 2.23. The molecule has 0 unspecified atom stereocenters. The molecule has 0 fully saturated rings. The highest BCUT2D eigenvalue weighted by atomic mass is 32.1. The molecule has 2 nitrogen and oxygen atoms in total. The Morgan fingerprint density at radius 1 is 1.73 bits per heavy atom. The van der Waals surface area contributed by atoms with Gasteiger partial charge in [-0.2, -0.15) is 0 Å². The van der Waals surface area contributed by atoms with Gasteiger partial charge in [0.2, 0.25) is 0 Å². The predicted molar refractivity (Wildman–Crippen MR) is 47.7 cm³/mol. The minimum atomic E-state index is 0.192. The summed E-state index contributed by atoms with van der Waals surface area (Å²) in [4.78, 5) is 1.31. The number of nitrogens with one attached hydrogen (secondary N) is 1. The van der Waals surface area contributed by atoms with E-state index in [-0.39, 0.29) is 12.6 Å². The van der Waals surface area contributed by atoms with E-state index in [4.69, 9.17) is 5.11 Å². The lowest BCUT2D eigenvalue weighted by atomic mass is 10.3. The molecule has 62 valence electrons. The number of aliphatic hydroxyl groups is 1. The second kappa shape index (κ2) is 4.49. The van der Waals surface area contributed by atoms with Crippen molar-refractivity contribution in [2.45, 2.75) is 19.5 Å². The first kappa shape index (κ1) is 8.71. The van der Waals surface area contributed by atoms with Crippen LogP contribution >= 0.6 is 11.3 Å². The van der Waals surface area contributed by atoms with Crippen LogP contribution in [0.3, 0.4) is 0 Å². The maximum atomic E-state index is 8.70. The number of hydrogen-bond acceptors (Lipinski definition) is 3.